The average Bonchev–Trinajstić information content (AvgIpc) is 3.15. The van der Waals surface area contributed by atoms with Gasteiger partial charge in [0.1, 0.15) is 4.34 Å². The van der Waals surface area contributed by atoms with E-state index in [1.54, 1.807) is 41.3 Å². The van der Waals surface area contributed by atoms with Crippen LogP contribution in [0.1, 0.15) is 25.6 Å². The lowest BCUT2D eigenvalue weighted by Crippen LogP contribution is -2.22. The molecule has 1 aliphatic heterocycles. The smallest absolute Gasteiger partial charge is 0.256 e. The Morgan fingerprint density at radius 1 is 1.19 bits per heavy atom. The van der Waals surface area contributed by atoms with Gasteiger partial charge in [0.05, 0.1) is 17.8 Å². The molecule has 0 fully saturated rings. The molecule has 160 valence electrons. The first-order valence-corrected chi connectivity index (χ1v) is 12.3. The van der Waals surface area contributed by atoms with Crippen LogP contribution in [-0.2, 0) is 6.54 Å². The van der Waals surface area contributed by atoms with Gasteiger partial charge in [0.15, 0.2) is 0 Å². The van der Waals surface area contributed by atoms with E-state index in [9.17, 15) is 9.59 Å². The minimum absolute atomic E-state index is 0.164. The monoisotopic (exact) mass is 470 g/mol. The molecule has 31 heavy (non-hydrogen) atoms. The van der Waals surface area contributed by atoms with Crippen molar-refractivity contribution in [2.75, 3.05) is 31.7 Å². The Morgan fingerprint density at radius 2 is 2.03 bits per heavy atom. The van der Waals surface area contributed by atoms with E-state index in [2.05, 4.69) is 34.6 Å². The lowest BCUT2D eigenvalue weighted by Gasteiger charge is -2.09. The van der Waals surface area contributed by atoms with Crippen molar-refractivity contribution < 1.29 is 9.59 Å². The van der Waals surface area contributed by atoms with Crippen LogP contribution >= 0.6 is 34.9 Å². The van der Waals surface area contributed by atoms with Gasteiger partial charge in [-0.15, -0.1) is 11.3 Å². The third-order valence-corrected chi connectivity index (χ3v) is 7.85. The van der Waals surface area contributed by atoms with Crippen LogP contribution < -0.4 is 10.6 Å². The van der Waals surface area contributed by atoms with E-state index in [1.165, 1.54) is 11.8 Å². The van der Waals surface area contributed by atoms with Gasteiger partial charge in [-0.2, -0.15) is 0 Å². The van der Waals surface area contributed by atoms with Crippen LogP contribution in [0.2, 0.25) is 0 Å². The van der Waals surface area contributed by atoms with Crippen molar-refractivity contribution in [3.05, 3.63) is 64.7 Å². The number of benzene rings is 2. The highest BCUT2D eigenvalue weighted by Gasteiger charge is 2.20. The number of carbonyl (C=O) groups excluding carboxylic acids is 2. The first-order chi connectivity index (χ1) is 15.0. The van der Waals surface area contributed by atoms with Crippen molar-refractivity contribution in [2.24, 2.45) is 0 Å². The Balaban J connectivity index is 1.39. The molecule has 2 N–H and O–H groups in total. The lowest BCUT2D eigenvalue weighted by molar-refractivity contribution is 0.0949. The predicted molar refractivity (Wildman–Crippen MR) is 128 cm³/mol. The number of rotatable bonds is 7. The lowest BCUT2D eigenvalue weighted by atomic mass is 10.1. The Kier molecular flexibility index (Phi) is 6.96. The molecule has 9 heteroatoms. The SMILES string of the molecule is CN(C)CCSc1ncc(CNC(=O)c2ccc3c(c2)NC(=O)c2ccccc2S3)s1. The van der Waals surface area contributed by atoms with Crippen molar-refractivity contribution in [2.45, 2.75) is 20.7 Å². The van der Waals surface area contributed by atoms with Crippen molar-refractivity contribution in [3.8, 4) is 0 Å². The number of hydrogen-bond acceptors (Lipinski definition) is 7. The molecule has 0 saturated heterocycles. The van der Waals surface area contributed by atoms with Crippen molar-refractivity contribution in [1.82, 2.24) is 15.2 Å². The Bertz CT molecular complexity index is 1110. The summed E-state index contributed by atoms with van der Waals surface area (Å²) in [7, 11) is 4.10. The molecule has 0 bridgehead atoms. The summed E-state index contributed by atoms with van der Waals surface area (Å²) in [4.78, 5) is 34.6. The topological polar surface area (TPSA) is 74.3 Å². The quantitative estimate of drug-likeness (QED) is 0.497. The van der Waals surface area contributed by atoms with Gasteiger partial charge >= 0.3 is 0 Å². The van der Waals surface area contributed by atoms with Gasteiger partial charge in [-0.05, 0) is 44.4 Å². The molecule has 4 rings (SSSR count). The Hall–Kier alpha value is -2.33. The predicted octanol–water partition coefficient (Wildman–Crippen LogP) is 4.44. The van der Waals surface area contributed by atoms with Crippen molar-refractivity contribution >= 4 is 52.4 Å². The number of amides is 2. The summed E-state index contributed by atoms with van der Waals surface area (Å²) in [6.07, 6.45) is 1.81. The third-order valence-electron chi connectivity index (χ3n) is 4.56. The van der Waals surface area contributed by atoms with Gasteiger partial charge in [0, 0.05) is 38.7 Å². The summed E-state index contributed by atoms with van der Waals surface area (Å²) < 4.78 is 1.01. The second-order valence-electron chi connectivity index (χ2n) is 7.19. The molecule has 0 aliphatic carbocycles. The van der Waals surface area contributed by atoms with E-state index in [0.29, 0.717) is 23.4 Å². The summed E-state index contributed by atoms with van der Waals surface area (Å²) in [6, 6.07) is 12.9. The van der Waals surface area contributed by atoms with Gasteiger partial charge in [-0.3, -0.25) is 9.59 Å². The number of anilines is 1. The van der Waals surface area contributed by atoms with Gasteiger partial charge < -0.3 is 15.5 Å². The molecule has 0 saturated carbocycles. The molecule has 6 nitrogen and oxygen atoms in total. The van der Waals surface area contributed by atoms with Crippen LogP contribution in [0.4, 0.5) is 5.69 Å². The molecule has 2 heterocycles. The zero-order valence-corrected chi connectivity index (χ0v) is 19.6. The Labute approximate surface area is 193 Å². The maximum Gasteiger partial charge on any atom is 0.256 e. The zero-order chi connectivity index (χ0) is 21.8. The van der Waals surface area contributed by atoms with Gasteiger partial charge in [0.2, 0.25) is 0 Å². The van der Waals surface area contributed by atoms with Gasteiger partial charge in [-0.1, -0.05) is 35.7 Å². The largest absolute Gasteiger partial charge is 0.347 e. The van der Waals surface area contributed by atoms with Crippen LogP contribution in [0.3, 0.4) is 0 Å². The number of hydrogen-bond donors (Lipinski definition) is 2. The molecular weight excluding hydrogens is 448 g/mol. The molecular formula is C22H22N4O2S3. The molecule has 1 aromatic heterocycles. The van der Waals surface area contributed by atoms with Gasteiger partial charge in [-0.25, -0.2) is 4.98 Å². The fourth-order valence-electron chi connectivity index (χ4n) is 2.93. The molecule has 3 aromatic rings. The molecule has 0 unspecified atom stereocenters. The van der Waals surface area contributed by atoms with E-state index >= 15 is 0 Å². The normalized spacial score (nSPS) is 12.7. The number of thioether (sulfide) groups is 1. The van der Waals surface area contributed by atoms with Crippen molar-refractivity contribution in [1.29, 1.82) is 0 Å². The first-order valence-electron chi connectivity index (χ1n) is 9.72. The highest BCUT2D eigenvalue weighted by atomic mass is 32.2. The molecule has 0 atom stereocenters. The summed E-state index contributed by atoms with van der Waals surface area (Å²) in [5.74, 6) is 0.636. The standard InChI is InChI=1S/C22H22N4O2S3/c1-26(2)9-10-29-22-24-13-15(30-22)12-23-20(27)14-7-8-19-17(11-14)25-21(28)16-5-3-4-6-18(16)31-19/h3-8,11,13H,9-10,12H2,1-2H3,(H,23,27)(H,25,28). The summed E-state index contributed by atoms with van der Waals surface area (Å²) in [5, 5.41) is 5.87. The minimum Gasteiger partial charge on any atom is -0.347 e. The first kappa shape index (κ1) is 21.9. The second-order valence-corrected chi connectivity index (χ2v) is 10.7. The molecule has 1 aliphatic rings. The average molecular weight is 471 g/mol. The highest BCUT2D eigenvalue weighted by Crippen LogP contribution is 2.39. The van der Waals surface area contributed by atoms with E-state index in [1.807, 2.05) is 30.5 Å². The molecule has 0 spiro atoms. The number of carbonyl (C=O) groups is 2. The summed E-state index contributed by atoms with van der Waals surface area (Å²) in [6.45, 7) is 1.42. The van der Waals surface area contributed by atoms with E-state index < -0.39 is 0 Å². The number of nitrogens with zero attached hydrogens (tertiary/aromatic N) is 2. The summed E-state index contributed by atoms with van der Waals surface area (Å²) >= 11 is 4.84. The maximum absolute atomic E-state index is 12.7. The number of nitrogens with one attached hydrogen (secondary N) is 2. The number of aromatic nitrogens is 1. The van der Waals surface area contributed by atoms with Crippen LogP contribution in [0.25, 0.3) is 0 Å². The van der Waals surface area contributed by atoms with E-state index in [4.69, 9.17) is 0 Å². The maximum atomic E-state index is 12.7. The van der Waals surface area contributed by atoms with Gasteiger partial charge in [0.25, 0.3) is 11.8 Å². The molecule has 2 amide bonds. The van der Waals surface area contributed by atoms with E-state index in [-0.39, 0.29) is 11.8 Å². The molecule has 2 aromatic carbocycles. The Morgan fingerprint density at radius 3 is 2.87 bits per heavy atom. The van der Waals surface area contributed by atoms with Crippen LogP contribution in [0.5, 0.6) is 0 Å². The van der Waals surface area contributed by atoms with E-state index in [0.717, 1.165) is 31.3 Å². The fourth-order valence-corrected chi connectivity index (χ4v) is 6.09. The van der Waals surface area contributed by atoms with Crippen LogP contribution in [-0.4, -0.2) is 48.1 Å². The van der Waals surface area contributed by atoms with Crippen molar-refractivity contribution in [3.63, 3.8) is 0 Å². The van der Waals surface area contributed by atoms with Crippen LogP contribution in [0, 0.1) is 0 Å². The minimum atomic E-state index is -0.181. The third kappa shape index (κ3) is 5.48. The second kappa shape index (κ2) is 9.86. The van der Waals surface area contributed by atoms with Crippen LogP contribution in [0.15, 0.2) is 62.8 Å². The number of thiazole rings is 1. The fraction of sp³-hybridized carbons (Fsp3) is 0.227. The molecule has 0 radical (unpaired) electrons. The summed E-state index contributed by atoms with van der Waals surface area (Å²) in [5.41, 5.74) is 1.80. The number of fused-ring (bicyclic) bond motifs is 2. The zero-order valence-electron chi connectivity index (χ0n) is 17.2. The highest BCUT2D eigenvalue weighted by molar-refractivity contribution is 8.01.